The second-order valence-electron chi connectivity index (χ2n) is 4.03. The highest BCUT2D eigenvalue weighted by atomic mass is 15.1. The minimum absolute atomic E-state index is 1.01. The Labute approximate surface area is 94.4 Å². The van der Waals surface area contributed by atoms with Crippen LogP contribution in [-0.4, -0.2) is 6.21 Å². The summed E-state index contributed by atoms with van der Waals surface area (Å²) >= 11 is 0. The number of hydrogen-bond acceptors (Lipinski definition) is 2. The third kappa shape index (κ3) is 1.31. The van der Waals surface area contributed by atoms with Crippen LogP contribution in [0.5, 0.6) is 0 Å². The van der Waals surface area contributed by atoms with E-state index in [4.69, 9.17) is 5.84 Å². The molecule has 0 radical (unpaired) electrons. The predicted molar refractivity (Wildman–Crippen MR) is 66.5 cm³/mol. The molecular formula is C14H12N2. The number of hydrogen-bond donors (Lipinski definition) is 1. The Bertz CT molecular complexity index is 571. The summed E-state index contributed by atoms with van der Waals surface area (Å²) in [6.45, 7) is 0. The summed E-state index contributed by atoms with van der Waals surface area (Å²) in [5, 5.41) is 3.56. The Morgan fingerprint density at radius 2 is 1.81 bits per heavy atom. The standard InChI is InChI=1S/C14H12N2/c15-16-9-10-5-6-14-12(7-10)8-11-3-1-2-4-13(11)14/h1-7,9H,8,15H2/b16-9-. The molecule has 16 heavy (non-hydrogen) atoms. The summed E-state index contributed by atoms with van der Waals surface area (Å²) in [7, 11) is 0. The number of fused-ring (bicyclic) bond motifs is 3. The van der Waals surface area contributed by atoms with Crippen molar-refractivity contribution in [2.75, 3.05) is 0 Å². The maximum absolute atomic E-state index is 5.16. The Hall–Kier alpha value is -2.09. The molecule has 2 aromatic carbocycles. The first-order chi connectivity index (χ1) is 7.88. The van der Waals surface area contributed by atoms with Crippen molar-refractivity contribution in [1.29, 1.82) is 0 Å². The number of benzene rings is 2. The predicted octanol–water partition coefficient (Wildman–Crippen LogP) is 2.55. The van der Waals surface area contributed by atoms with Gasteiger partial charge in [0, 0.05) is 0 Å². The number of hydrazone groups is 1. The Morgan fingerprint density at radius 1 is 1.00 bits per heavy atom. The molecule has 2 heteroatoms. The maximum atomic E-state index is 5.16. The molecule has 0 heterocycles. The van der Waals surface area contributed by atoms with Crippen molar-refractivity contribution in [3.63, 3.8) is 0 Å². The molecule has 1 aliphatic carbocycles. The fourth-order valence-corrected chi connectivity index (χ4v) is 2.33. The van der Waals surface area contributed by atoms with Crippen LogP contribution in [0.1, 0.15) is 16.7 Å². The van der Waals surface area contributed by atoms with Crippen LogP contribution in [0.3, 0.4) is 0 Å². The van der Waals surface area contributed by atoms with Crippen LogP contribution in [-0.2, 0) is 6.42 Å². The van der Waals surface area contributed by atoms with E-state index >= 15 is 0 Å². The number of nitrogens with two attached hydrogens (primary N) is 1. The summed E-state index contributed by atoms with van der Waals surface area (Å²) in [5.41, 5.74) is 6.52. The van der Waals surface area contributed by atoms with Crippen LogP contribution in [0.2, 0.25) is 0 Å². The van der Waals surface area contributed by atoms with E-state index in [1.807, 2.05) is 0 Å². The molecule has 0 aliphatic heterocycles. The summed E-state index contributed by atoms with van der Waals surface area (Å²) in [6.07, 6.45) is 2.70. The largest absolute Gasteiger partial charge is 0.323 e. The molecule has 2 N–H and O–H groups in total. The summed E-state index contributed by atoms with van der Waals surface area (Å²) in [5.74, 6) is 5.16. The van der Waals surface area contributed by atoms with E-state index in [0.29, 0.717) is 0 Å². The molecule has 0 saturated heterocycles. The third-order valence-electron chi connectivity index (χ3n) is 3.04. The molecule has 0 amide bonds. The van der Waals surface area contributed by atoms with Crippen molar-refractivity contribution in [2.24, 2.45) is 10.9 Å². The van der Waals surface area contributed by atoms with Gasteiger partial charge in [0.25, 0.3) is 0 Å². The van der Waals surface area contributed by atoms with Gasteiger partial charge in [-0.15, -0.1) is 0 Å². The van der Waals surface area contributed by atoms with E-state index in [9.17, 15) is 0 Å². The zero-order chi connectivity index (χ0) is 11.0. The quantitative estimate of drug-likeness (QED) is 0.372. The molecule has 0 aromatic heterocycles. The van der Waals surface area contributed by atoms with Gasteiger partial charge in [-0.3, -0.25) is 0 Å². The molecule has 3 rings (SSSR count). The van der Waals surface area contributed by atoms with Crippen molar-refractivity contribution in [1.82, 2.24) is 0 Å². The Morgan fingerprint density at radius 3 is 2.69 bits per heavy atom. The SMILES string of the molecule is N/N=C\c1ccc2c(c1)Cc1ccccc1-2. The molecule has 0 fully saturated rings. The molecule has 0 spiro atoms. The van der Waals surface area contributed by atoms with Crippen LogP contribution in [0.15, 0.2) is 47.6 Å². The fraction of sp³-hybridized carbons (Fsp3) is 0.0714. The van der Waals surface area contributed by atoms with Crippen LogP contribution in [0.4, 0.5) is 0 Å². The van der Waals surface area contributed by atoms with Gasteiger partial charge in [0.05, 0.1) is 6.21 Å². The fourth-order valence-electron chi connectivity index (χ4n) is 2.33. The number of nitrogens with zero attached hydrogens (tertiary/aromatic N) is 1. The second kappa shape index (κ2) is 3.49. The highest BCUT2D eigenvalue weighted by Crippen LogP contribution is 2.36. The smallest absolute Gasteiger partial charge is 0.0538 e. The van der Waals surface area contributed by atoms with Gasteiger partial charge >= 0.3 is 0 Å². The van der Waals surface area contributed by atoms with Crippen molar-refractivity contribution in [3.8, 4) is 11.1 Å². The van der Waals surface area contributed by atoms with E-state index in [2.05, 4.69) is 47.6 Å². The lowest BCUT2D eigenvalue weighted by atomic mass is 10.0. The lowest BCUT2D eigenvalue weighted by Crippen LogP contribution is -1.88. The van der Waals surface area contributed by atoms with Crippen LogP contribution >= 0.6 is 0 Å². The molecule has 0 bridgehead atoms. The zero-order valence-corrected chi connectivity index (χ0v) is 8.85. The van der Waals surface area contributed by atoms with Gasteiger partial charge in [-0.25, -0.2) is 0 Å². The van der Waals surface area contributed by atoms with Crippen molar-refractivity contribution in [2.45, 2.75) is 6.42 Å². The van der Waals surface area contributed by atoms with Gasteiger partial charge in [0.1, 0.15) is 0 Å². The Balaban J connectivity index is 2.14. The average Bonchev–Trinajstić information content (AvgIpc) is 2.67. The normalized spacial score (nSPS) is 12.8. The minimum Gasteiger partial charge on any atom is -0.323 e. The zero-order valence-electron chi connectivity index (χ0n) is 8.85. The molecule has 2 aromatic rings. The van der Waals surface area contributed by atoms with Crippen LogP contribution in [0, 0.1) is 0 Å². The lowest BCUT2D eigenvalue weighted by molar-refractivity contribution is 1.25. The average molecular weight is 208 g/mol. The van der Waals surface area contributed by atoms with E-state index < -0.39 is 0 Å². The van der Waals surface area contributed by atoms with Crippen molar-refractivity contribution < 1.29 is 0 Å². The highest BCUT2D eigenvalue weighted by molar-refractivity contribution is 5.84. The van der Waals surface area contributed by atoms with E-state index in [-0.39, 0.29) is 0 Å². The lowest BCUT2D eigenvalue weighted by Gasteiger charge is -2.01. The van der Waals surface area contributed by atoms with Gasteiger partial charge in [0.15, 0.2) is 0 Å². The summed E-state index contributed by atoms with van der Waals surface area (Å²) in [4.78, 5) is 0. The maximum Gasteiger partial charge on any atom is 0.0538 e. The third-order valence-corrected chi connectivity index (χ3v) is 3.04. The molecule has 1 aliphatic rings. The minimum atomic E-state index is 1.01. The molecule has 78 valence electrons. The molecule has 0 unspecified atom stereocenters. The van der Waals surface area contributed by atoms with Crippen molar-refractivity contribution >= 4 is 6.21 Å². The molecular weight excluding hydrogens is 196 g/mol. The monoisotopic (exact) mass is 208 g/mol. The second-order valence-corrected chi connectivity index (χ2v) is 4.03. The van der Waals surface area contributed by atoms with E-state index in [1.54, 1.807) is 6.21 Å². The molecule has 0 atom stereocenters. The highest BCUT2D eigenvalue weighted by Gasteiger charge is 2.17. The topological polar surface area (TPSA) is 38.4 Å². The molecule has 2 nitrogen and oxygen atoms in total. The first-order valence-corrected chi connectivity index (χ1v) is 5.33. The Kier molecular flexibility index (Phi) is 2.00. The summed E-state index contributed by atoms with van der Waals surface area (Å²) < 4.78 is 0. The van der Waals surface area contributed by atoms with Gasteiger partial charge in [-0.2, -0.15) is 5.10 Å². The first-order valence-electron chi connectivity index (χ1n) is 5.33. The van der Waals surface area contributed by atoms with E-state index in [1.165, 1.54) is 22.3 Å². The number of rotatable bonds is 1. The first kappa shape index (κ1) is 9.16. The van der Waals surface area contributed by atoms with Gasteiger partial charge < -0.3 is 5.84 Å². The van der Waals surface area contributed by atoms with Crippen molar-refractivity contribution in [3.05, 3.63) is 59.2 Å². The summed E-state index contributed by atoms with van der Waals surface area (Å²) in [6, 6.07) is 14.9. The van der Waals surface area contributed by atoms with Gasteiger partial charge in [-0.1, -0.05) is 36.4 Å². The van der Waals surface area contributed by atoms with E-state index in [0.717, 1.165) is 12.0 Å². The van der Waals surface area contributed by atoms with Crippen LogP contribution < -0.4 is 5.84 Å². The van der Waals surface area contributed by atoms with Gasteiger partial charge in [-0.05, 0) is 40.3 Å². The molecule has 0 saturated carbocycles. The van der Waals surface area contributed by atoms with Crippen LogP contribution in [0.25, 0.3) is 11.1 Å². The van der Waals surface area contributed by atoms with Gasteiger partial charge in [0.2, 0.25) is 0 Å².